The van der Waals surface area contributed by atoms with Crippen LogP contribution in [0.2, 0.25) is 0 Å². The maximum absolute atomic E-state index is 12.7. The minimum atomic E-state index is -1.60. The van der Waals surface area contributed by atoms with E-state index in [2.05, 4.69) is 0 Å². The molecule has 6 aliphatic rings. The van der Waals surface area contributed by atoms with Crippen LogP contribution in [-0.2, 0) is 23.7 Å². The largest absolute Gasteiger partial charge is 0.461 e. The van der Waals surface area contributed by atoms with Gasteiger partial charge in [0.1, 0.15) is 47.6 Å². The third-order valence-corrected chi connectivity index (χ3v) is 9.66. The van der Waals surface area contributed by atoms with Crippen molar-refractivity contribution in [3.8, 4) is 0 Å². The van der Waals surface area contributed by atoms with Crippen molar-refractivity contribution in [2.75, 3.05) is 13.2 Å². The summed E-state index contributed by atoms with van der Waals surface area (Å²) in [6.07, 6.45) is -7.61. The van der Waals surface area contributed by atoms with Gasteiger partial charge in [-0.1, -0.05) is 18.2 Å². The molecule has 34 heavy (non-hydrogen) atoms. The highest BCUT2D eigenvalue weighted by Gasteiger charge is 3.18. The van der Waals surface area contributed by atoms with E-state index in [4.69, 9.17) is 23.7 Å². The second-order valence-electron chi connectivity index (χ2n) is 10.4. The summed E-state index contributed by atoms with van der Waals surface area (Å²) in [4.78, 5) is 12.7. The quantitative estimate of drug-likeness (QED) is 0.295. The van der Waals surface area contributed by atoms with Gasteiger partial charge in [-0.25, -0.2) is 4.79 Å². The van der Waals surface area contributed by atoms with Gasteiger partial charge in [-0.15, -0.1) is 0 Å². The number of esters is 1. The molecule has 11 nitrogen and oxygen atoms in total. The zero-order valence-corrected chi connectivity index (χ0v) is 18.2. The Balaban J connectivity index is 1.20. The Labute approximate surface area is 193 Å². The number of carbonyl (C=O) groups is 1. The van der Waals surface area contributed by atoms with Crippen LogP contribution in [0.3, 0.4) is 0 Å². The summed E-state index contributed by atoms with van der Waals surface area (Å²) >= 11 is 0. The van der Waals surface area contributed by atoms with Crippen molar-refractivity contribution in [1.82, 2.24) is 0 Å². The van der Waals surface area contributed by atoms with E-state index in [0.717, 1.165) is 0 Å². The van der Waals surface area contributed by atoms with Gasteiger partial charge in [0.15, 0.2) is 18.4 Å². The second-order valence-corrected chi connectivity index (χ2v) is 10.4. The van der Waals surface area contributed by atoms with Gasteiger partial charge in [0, 0.05) is 5.92 Å². The maximum atomic E-state index is 12.7. The van der Waals surface area contributed by atoms with E-state index >= 15 is 0 Å². The van der Waals surface area contributed by atoms with Crippen LogP contribution in [0, 0.1) is 16.7 Å². The monoisotopic (exact) mass is 478 g/mol. The number of fused-ring (bicyclic) bond motifs is 2. The first-order valence-corrected chi connectivity index (χ1v) is 11.4. The fraction of sp³-hybridized carbons (Fsp3) is 0.696. The second kappa shape index (κ2) is 6.17. The number of aliphatic hydroxyl groups excluding tert-OH is 4. The number of hydrogen-bond acceptors (Lipinski definition) is 11. The third kappa shape index (κ3) is 1.77. The molecule has 6 fully saturated rings. The summed E-state index contributed by atoms with van der Waals surface area (Å²) in [6, 6.07) is 8.53. The van der Waals surface area contributed by atoms with Crippen molar-refractivity contribution in [2.45, 2.75) is 67.3 Å². The molecule has 3 saturated carbocycles. The predicted octanol–water partition coefficient (Wildman–Crippen LogP) is -1.75. The zero-order valence-electron chi connectivity index (χ0n) is 18.2. The van der Waals surface area contributed by atoms with Crippen molar-refractivity contribution in [2.24, 2.45) is 16.7 Å². The van der Waals surface area contributed by atoms with E-state index in [-0.39, 0.29) is 18.9 Å². The summed E-state index contributed by atoms with van der Waals surface area (Å²) in [5.41, 5.74) is -3.40. The molecule has 0 bridgehead atoms. The van der Waals surface area contributed by atoms with E-state index in [1.54, 1.807) is 37.3 Å². The van der Waals surface area contributed by atoms with Gasteiger partial charge in [-0.3, -0.25) is 0 Å². The standard InChI is InChI=1S/C23H26O11/c1-19-21(32-17-15(27)14(26)13(25)11(8-24)31-17)7-12-20(21,22(19)18(33-19)34-23(12,22)29)9-30-16(28)10-5-3-2-4-6-10/h2-6,11-15,17-18,24-27,29H,7-9H2,1H3/t11?,12-,13?,14?,15?,17?,18?,19-,20-,21?,22+,23+/m1/s1. The summed E-state index contributed by atoms with van der Waals surface area (Å²) in [5.74, 6) is -2.32. The lowest BCUT2D eigenvalue weighted by Crippen LogP contribution is -3.20. The lowest BCUT2D eigenvalue weighted by Gasteiger charge is -3.05. The highest BCUT2D eigenvalue weighted by Crippen LogP contribution is 3.03. The maximum Gasteiger partial charge on any atom is 0.338 e. The Kier molecular flexibility index (Phi) is 3.92. The van der Waals surface area contributed by atoms with Gasteiger partial charge in [-0.05, 0) is 25.5 Å². The summed E-state index contributed by atoms with van der Waals surface area (Å²) in [7, 11) is 0. The first-order chi connectivity index (χ1) is 16.1. The van der Waals surface area contributed by atoms with Crippen LogP contribution in [0.4, 0.5) is 0 Å². The molecule has 7 unspecified atom stereocenters. The average Bonchev–Trinajstić information content (AvgIpc) is 2.82. The molecule has 0 radical (unpaired) electrons. The SMILES string of the molecule is C[C@@]12OC3O[C@@]4(O)[C@@H]5CC1(OC1OC(CO)C(O)C(O)C1O)[C@]5(COC(=O)c1ccccc1)[C@@]342. The molecule has 0 amide bonds. The van der Waals surface area contributed by atoms with Gasteiger partial charge >= 0.3 is 5.97 Å². The molecule has 184 valence electrons. The highest BCUT2D eigenvalue weighted by molar-refractivity contribution is 5.89. The number of rotatable bonds is 6. The predicted molar refractivity (Wildman–Crippen MR) is 107 cm³/mol. The number of carbonyl (C=O) groups excluding carboxylic acids is 1. The molecule has 1 aromatic rings. The third-order valence-electron chi connectivity index (χ3n) is 9.66. The molecule has 1 spiro atoms. The molecule has 11 heteroatoms. The first-order valence-electron chi connectivity index (χ1n) is 11.4. The molecule has 7 rings (SSSR count). The van der Waals surface area contributed by atoms with Gasteiger partial charge in [0.2, 0.25) is 0 Å². The summed E-state index contributed by atoms with van der Waals surface area (Å²) in [5, 5.41) is 51.6. The van der Waals surface area contributed by atoms with Crippen molar-refractivity contribution in [1.29, 1.82) is 0 Å². The normalized spacial score (nSPS) is 57.4. The van der Waals surface area contributed by atoms with Crippen LogP contribution < -0.4 is 0 Å². The van der Waals surface area contributed by atoms with Crippen LogP contribution in [0.25, 0.3) is 0 Å². The minimum Gasteiger partial charge on any atom is -0.461 e. The smallest absolute Gasteiger partial charge is 0.338 e. The van der Waals surface area contributed by atoms with E-state index in [9.17, 15) is 30.3 Å². The fourth-order valence-corrected chi connectivity index (χ4v) is 8.25. The Morgan fingerprint density at radius 2 is 1.85 bits per heavy atom. The number of benzene rings is 1. The topological polar surface area (TPSA) is 164 Å². The fourth-order valence-electron chi connectivity index (χ4n) is 8.25. The van der Waals surface area contributed by atoms with Crippen molar-refractivity contribution in [3.63, 3.8) is 0 Å². The van der Waals surface area contributed by atoms with Crippen molar-refractivity contribution < 1.29 is 54.0 Å². The van der Waals surface area contributed by atoms with Gasteiger partial charge in [-0.2, -0.15) is 0 Å². The number of ether oxygens (including phenoxy) is 5. The molecule has 5 N–H and O–H groups in total. The average molecular weight is 478 g/mol. The van der Waals surface area contributed by atoms with Crippen LogP contribution in [0.15, 0.2) is 30.3 Å². The summed E-state index contributed by atoms with van der Waals surface area (Å²) in [6.45, 7) is 1.13. The van der Waals surface area contributed by atoms with Crippen LogP contribution in [0.5, 0.6) is 0 Å². The van der Waals surface area contributed by atoms with Gasteiger partial charge < -0.3 is 49.2 Å². The van der Waals surface area contributed by atoms with Crippen LogP contribution >= 0.6 is 0 Å². The first kappa shape index (κ1) is 21.6. The number of aliphatic hydroxyl groups is 5. The number of hydrogen-bond donors (Lipinski definition) is 5. The highest BCUT2D eigenvalue weighted by atomic mass is 16.8. The minimum absolute atomic E-state index is 0.0655. The Morgan fingerprint density at radius 1 is 1.12 bits per heavy atom. The van der Waals surface area contributed by atoms with E-state index in [1.165, 1.54) is 0 Å². The van der Waals surface area contributed by atoms with Crippen LogP contribution in [-0.4, -0.2) is 98.7 Å². The molecule has 12 atom stereocenters. The van der Waals surface area contributed by atoms with Crippen molar-refractivity contribution in [3.05, 3.63) is 35.9 Å². The summed E-state index contributed by atoms with van der Waals surface area (Å²) < 4.78 is 29.2. The molecular formula is C23H26O11. The van der Waals surface area contributed by atoms with Gasteiger partial charge in [0.05, 0.1) is 17.6 Å². The molecule has 1 aromatic carbocycles. The lowest BCUT2D eigenvalue weighted by atomic mass is 9.08. The Bertz CT molecular complexity index is 1070. The van der Waals surface area contributed by atoms with Crippen LogP contribution in [0.1, 0.15) is 23.7 Å². The molecule has 3 saturated heterocycles. The molecule has 0 aromatic heterocycles. The lowest BCUT2D eigenvalue weighted by molar-refractivity contribution is -0.792. The molecular weight excluding hydrogens is 452 g/mol. The van der Waals surface area contributed by atoms with Crippen molar-refractivity contribution >= 4 is 5.97 Å². The van der Waals surface area contributed by atoms with E-state index < -0.39 is 77.4 Å². The molecule has 3 aliphatic heterocycles. The zero-order chi connectivity index (χ0) is 23.9. The van der Waals surface area contributed by atoms with E-state index in [1.807, 2.05) is 0 Å². The van der Waals surface area contributed by atoms with E-state index in [0.29, 0.717) is 5.56 Å². The Hall–Kier alpha value is -1.67. The molecule has 3 heterocycles. The Morgan fingerprint density at radius 3 is 2.53 bits per heavy atom. The van der Waals surface area contributed by atoms with Gasteiger partial charge in [0.25, 0.3) is 0 Å². The molecule has 3 aliphatic carbocycles.